The van der Waals surface area contributed by atoms with Crippen LogP contribution in [0.15, 0.2) is 24.3 Å². The van der Waals surface area contributed by atoms with Crippen LogP contribution in [0.4, 0.5) is 5.69 Å². The van der Waals surface area contributed by atoms with E-state index in [-0.39, 0.29) is 12.3 Å². The summed E-state index contributed by atoms with van der Waals surface area (Å²) >= 11 is 0. The fraction of sp³-hybridized carbons (Fsp3) is 0.357. The highest BCUT2D eigenvalue weighted by atomic mass is 16.5. The monoisotopic (exact) mass is 278 g/mol. The number of hydrogen-bond acceptors (Lipinski definition) is 4. The molecule has 20 heavy (non-hydrogen) atoms. The zero-order valence-electron chi connectivity index (χ0n) is 11.6. The quantitative estimate of drug-likeness (QED) is 0.607. The molecule has 2 N–H and O–H groups in total. The largest absolute Gasteiger partial charge is 0.469 e. The maximum Gasteiger partial charge on any atom is 0.315 e. The van der Waals surface area contributed by atoms with Gasteiger partial charge in [0, 0.05) is 6.54 Å². The molecule has 6 heteroatoms. The van der Waals surface area contributed by atoms with Crippen molar-refractivity contribution < 1.29 is 19.1 Å². The van der Waals surface area contributed by atoms with Crippen molar-refractivity contribution in [3.8, 4) is 0 Å². The van der Waals surface area contributed by atoms with Gasteiger partial charge >= 0.3 is 5.97 Å². The lowest BCUT2D eigenvalue weighted by Crippen LogP contribution is -2.26. The Bertz CT molecular complexity index is 500. The molecule has 0 spiro atoms. The van der Waals surface area contributed by atoms with Gasteiger partial charge in [-0.05, 0) is 18.6 Å². The number of rotatable bonds is 6. The van der Waals surface area contributed by atoms with Crippen LogP contribution in [0.25, 0.3) is 0 Å². The van der Waals surface area contributed by atoms with Crippen molar-refractivity contribution in [1.82, 2.24) is 5.32 Å². The van der Waals surface area contributed by atoms with E-state index >= 15 is 0 Å². The van der Waals surface area contributed by atoms with E-state index in [9.17, 15) is 14.4 Å². The second kappa shape index (κ2) is 7.93. The number of methoxy groups -OCH3 is 1. The number of ether oxygens (including phenoxy) is 1. The standard InChI is InChI=1S/C14H18N2O4/c1-3-8-15-14(19)10-6-4-5-7-11(10)16-12(17)9-13(18)20-2/h4-7H,3,8-9H2,1-2H3,(H,15,19)(H,16,17). The Labute approximate surface area is 117 Å². The molecule has 0 aliphatic rings. The van der Waals surface area contributed by atoms with Gasteiger partial charge in [-0.3, -0.25) is 14.4 Å². The van der Waals surface area contributed by atoms with Crippen LogP contribution in [0.2, 0.25) is 0 Å². The molecule has 108 valence electrons. The fourth-order valence-corrected chi connectivity index (χ4v) is 1.52. The summed E-state index contributed by atoms with van der Waals surface area (Å²) in [7, 11) is 1.21. The van der Waals surface area contributed by atoms with Crippen molar-refractivity contribution in [2.45, 2.75) is 19.8 Å². The van der Waals surface area contributed by atoms with Gasteiger partial charge in [0.2, 0.25) is 5.91 Å². The van der Waals surface area contributed by atoms with Gasteiger partial charge in [0.05, 0.1) is 18.4 Å². The number of nitrogens with one attached hydrogen (secondary N) is 2. The number of amides is 2. The average molecular weight is 278 g/mol. The van der Waals surface area contributed by atoms with E-state index in [0.717, 1.165) is 6.42 Å². The van der Waals surface area contributed by atoms with E-state index in [4.69, 9.17) is 0 Å². The van der Waals surface area contributed by atoms with E-state index in [1.807, 2.05) is 6.92 Å². The molecule has 0 aliphatic heterocycles. The Morgan fingerprint density at radius 2 is 1.90 bits per heavy atom. The van der Waals surface area contributed by atoms with E-state index in [0.29, 0.717) is 17.8 Å². The van der Waals surface area contributed by atoms with Crippen molar-refractivity contribution in [1.29, 1.82) is 0 Å². The molecule has 0 aromatic heterocycles. The highest BCUT2D eigenvalue weighted by Gasteiger charge is 2.14. The number of hydrogen-bond donors (Lipinski definition) is 2. The summed E-state index contributed by atoms with van der Waals surface area (Å²) in [6.45, 7) is 2.51. The third-order valence-electron chi connectivity index (χ3n) is 2.51. The molecule has 0 heterocycles. The van der Waals surface area contributed by atoms with E-state index in [1.54, 1.807) is 24.3 Å². The molecule has 0 atom stereocenters. The highest BCUT2D eigenvalue weighted by Crippen LogP contribution is 2.15. The SMILES string of the molecule is CCCNC(=O)c1ccccc1NC(=O)CC(=O)OC. The summed E-state index contributed by atoms with van der Waals surface area (Å²) in [5.41, 5.74) is 0.731. The second-order valence-electron chi connectivity index (χ2n) is 4.10. The molecule has 1 aromatic rings. The number of carbonyl (C=O) groups excluding carboxylic acids is 3. The van der Waals surface area contributed by atoms with Crippen molar-refractivity contribution in [3.63, 3.8) is 0 Å². The third-order valence-corrected chi connectivity index (χ3v) is 2.51. The van der Waals surface area contributed by atoms with Gasteiger partial charge in [0.1, 0.15) is 6.42 Å². The van der Waals surface area contributed by atoms with Crippen molar-refractivity contribution in [2.24, 2.45) is 0 Å². The predicted octanol–water partition coefficient (Wildman–Crippen LogP) is 1.33. The highest BCUT2D eigenvalue weighted by molar-refractivity contribution is 6.07. The topological polar surface area (TPSA) is 84.5 Å². The van der Waals surface area contributed by atoms with Crippen LogP contribution >= 0.6 is 0 Å². The first kappa shape index (κ1) is 15.7. The molecule has 0 radical (unpaired) electrons. The van der Waals surface area contributed by atoms with Crippen LogP contribution in [0.1, 0.15) is 30.1 Å². The first-order valence-electron chi connectivity index (χ1n) is 6.32. The lowest BCUT2D eigenvalue weighted by atomic mass is 10.1. The molecular formula is C14H18N2O4. The van der Waals surface area contributed by atoms with Crippen molar-refractivity contribution in [2.75, 3.05) is 19.0 Å². The first-order chi connectivity index (χ1) is 9.58. The van der Waals surface area contributed by atoms with Crippen LogP contribution < -0.4 is 10.6 Å². The van der Waals surface area contributed by atoms with Gasteiger partial charge in [-0.25, -0.2) is 0 Å². The molecule has 6 nitrogen and oxygen atoms in total. The number of esters is 1. The summed E-state index contributed by atoms with van der Waals surface area (Å²) in [6.07, 6.45) is 0.435. The summed E-state index contributed by atoms with van der Waals surface area (Å²) in [5.74, 6) is -1.41. The summed E-state index contributed by atoms with van der Waals surface area (Å²) in [4.78, 5) is 34.6. The van der Waals surface area contributed by atoms with Gasteiger partial charge in [0.25, 0.3) is 5.91 Å². The molecule has 2 amide bonds. The summed E-state index contributed by atoms with van der Waals surface area (Å²) in [6, 6.07) is 6.62. The Hall–Kier alpha value is -2.37. The Kier molecular flexibility index (Phi) is 6.22. The molecule has 0 unspecified atom stereocenters. The Balaban J connectivity index is 2.77. The van der Waals surface area contributed by atoms with E-state index in [1.165, 1.54) is 7.11 Å². The second-order valence-corrected chi connectivity index (χ2v) is 4.10. The zero-order chi connectivity index (χ0) is 15.0. The summed E-state index contributed by atoms with van der Waals surface area (Å²) in [5, 5.41) is 5.26. The Morgan fingerprint density at radius 1 is 1.20 bits per heavy atom. The maximum atomic E-state index is 11.9. The van der Waals surface area contributed by atoms with E-state index < -0.39 is 11.9 Å². The van der Waals surface area contributed by atoms with Crippen molar-refractivity contribution >= 4 is 23.5 Å². The zero-order valence-corrected chi connectivity index (χ0v) is 11.6. The predicted molar refractivity (Wildman–Crippen MR) is 74.3 cm³/mol. The third kappa shape index (κ3) is 4.72. The van der Waals surface area contributed by atoms with E-state index in [2.05, 4.69) is 15.4 Å². The number of carbonyl (C=O) groups is 3. The normalized spacial score (nSPS) is 9.70. The van der Waals surface area contributed by atoms with Gasteiger partial charge in [-0.2, -0.15) is 0 Å². The van der Waals surface area contributed by atoms with Crippen LogP contribution in [0, 0.1) is 0 Å². The minimum absolute atomic E-state index is 0.263. The average Bonchev–Trinajstić information content (AvgIpc) is 2.45. The molecule has 0 aliphatic carbocycles. The van der Waals surface area contributed by atoms with Crippen LogP contribution in [0.3, 0.4) is 0 Å². The molecule has 0 fully saturated rings. The smallest absolute Gasteiger partial charge is 0.315 e. The van der Waals surface area contributed by atoms with Crippen LogP contribution in [-0.4, -0.2) is 31.4 Å². The lowest BCUT2D eigenvalue weighted by molar-refractivity contribution is -0.142. The van der Waals surface area contributed by atoms with Gasteiger partial charge in [0.15, 0.2) is 0 Å². The minimum atomic E-state index is -0.629. The molecule has 0 saturated heterocycles. The molecule has 0 bridgehead atoms. The van der Waals surface area contributed by atoms with Crippen LogP contribution in [0.5, 0.6) is 0 Å². The Morgan fingerprint density at radius 3 is 2.55 bits per heavy atom. The molecule has 0 saturated carbocycles. The fourth-order valence-electron chi connectivity index (χ4n) is 1.52. The van der Waals surface area contributed by atoms with Crippen LogP contribution in [-0.2, 0) is 14.3 Å². The van der Waals surface area contributed by atoms with Crippen molar-refractivity contribution in [3.05, 3.63) is 29.8 Å². The number of benzene rings is 1. The number of para-hydroxylation sites is 1. The van der Waals surface area contributed by atoms with Gasteiger partial charge in [-0.1, -0.05) is 19.1 Å². The van der Waals surface area contributed by atoms with Gasteiger partial charge in [-0.15, -0.1) is 0 Å². The number of anilines is 1. The first-order valence-corrected chi connectivity index (χ1v) is 6.32. The maximum absolute atomic E-state index is 11.9. The minimum Gasteiger partial charge on any atom is -0.469 e. The van der Waals surface area contributed by atoms with Gasteiger partial charge < -0.3 is 15.4 Å². The molecule has 1 rings (SSSR count). The molecular weight excluding hydrogens is 260 g/mol. The summed E-state index contributed by atoms with van der Waals surface area (Å²) < 4.78 is 4.41. The lowest BCUT2D eigenvalue weighted by Gasteiger charge is -2.10. The molecule has 1 aromatic carbocycles.